The molecule has 5 heteroatoms. The number of imidazole rings is 1. The van der Waals surface area contributed by atoms with Crippen LogP contribution in [-0.2, 0) is 13.5 Å². The minimum Gasteiger partial charge on any atom is -0.396 e. The highest BCUT2D eigenvalue weighted by molar-refractivity contribution is 5.81. The van der Waals surface area contributed by atoms with Crippen molar-refractivity contribution in [3.8, 4) is 11.3 Å². The number of aryl methyl sites for hydroxylation is 2. The molecular formula is C15H16N4O. The maximum Gasteiger partial charge on any atom is 0.131 e. The van der Waals surface area contributed by atoms with Crippen LogP contribution in [0.25, 0.3) is 22.3 Å². The van der Waals surface area contributed by atoms with Crippen LogP contribution < -0.4 is 0 Å². The molecule has 0 aliphatic rings. The highest BCUT2D eigenvalue weighted by Crippen LogP contribution is 2.23. The van der Waals surface area contributed by atoms with Crippen molar-refractivity contribution in [3.05, 3.63) is 42.1 Å². The molecule has 1 aromatic carbocycles. The monoisotopic (exact) mass is 268 g/mol. The Hall–Kier alpha value is -2.27. The van der Waals surface area contributed by atoms with Gasteiger partial charge >= 0.3 is 0 Å². The molecule has 0 aliphatic carbocycles. The summed E-state index contributed by atoms with van der Waals surface area (Å²) in [7, 11) is 2.01. The van der Waals surface area contributed by atoms with Gasteiger partial charge in [-0.3, -0.25) is 0 Å². The molecule has 0 saturated carbocycles. The summed E-state index contributed by atoms with van der Waals surface area (Å²) >= 11 is 0. The summed E-state index contributed by atoms with van der Waals surface area (Å²) in [5.74, 6) is 1.64. The molecule has 0 atom stereocenters. The Morgan fingerprint density at radius 1 is 1.20 bits per heavy atom. The number of hydrogen-bond acceptors (Lipinski definition) is 4. The molecule has 0 fully saturated rings. The van der Waals surface area contributed by atoms with Gasteiger partial charge in [0.2, 0.25) is 0 Å². The van der Waals surface area contributed by atoms with E-state index in [1.807, 2.05) is 32.2 Å². The summed E-state index contributed by atoms with van der Waals surface area (Å²) in [6.45, 7) is 2.05. The Morgan fingerprint density at radius 2 is 2.05 bits per heavy atom. The molecule has 102 valence electrons. The number of aliphatic hydroxyl groups is 1. The van der Waals surface area contributed by atoms with Crippen LogP contribution >= 0.6 is 0 Å². The van der Waals surface area contributed by atoms with Crippen molar-refractivity contribution >= 4 is 11.0 Å². The molecule has 3 aromatic rings. The van der Waals surface area contributed by atoms with Gasteiger partial charge in [0.1, 0.15) is 11.6 Å². The minimum absolute atomic E-state index is 0.0575. The second-order valence-corrected chi connectivity index (χ2v) is 4.75. The molecule has 2 aromatic heterocycles. The fraction of sp³-hybridized carbons (Fsp3) is 0.267. The van der Waals surface area contributed by atoms with Crippen LogP contribution in [0, 0.1) is 6.92 Å². The van der Waals surface area contributed by atoms with Gasteiger partial charge in [0.15, 0.2) is 0 Å². The summed E-state index contributed by atoms with van der Waals surface area (Å²) in [4.78, 5) is 13.1. The maximum absolute atomic E-state index is 8.96. The zero-order valence-corrected chi connectivity index (χ0v) is 11.5. The highest BCUT2D eigenvalue weighted by Gasteiger charge is 2.07. The van der Waals surface area contributed by atoms with E-state index < -0.39 is 0 Å². The van der Waals surface area contributed by atoms with E-state index in [0.717, 1.165) is 28.1 Å². The van der Waals surface area contributed by atoms with E-state index in [9.17, 15) is 0 Å². The van der Waals surface area contributed by atoms with Crippen molar-refractivity contribution in [2.24, 2.45) is 7.05 Å². The third-order valence-corrected chi connectivity index (χ3v) is 3.44. The average molecular weight is 268 g/mol. The Kier molecular flexibility index (Phi) is 3.20. The summed E-state index contributed by atoms with van der Waals surface area (Å²) in [6, 6.07) is 8.00. The lowest BCUT2D eigenvalue weighted by atomic mass is 10.1. The van der Waals surface area contributed by atoms with E-state index >= 15 is 0 Å². The molecule has 0 spiro atoms. The number of aliphatic hydroxyl groups excluding tert-OH is 1. The van der Waals surface area contributed by atoms with E-state index in [-0.39, 0.29) is 6.61 Å². The normalized spacial score (nSPS) is 11.2. The van der Waals surface area contributed by atoms with Gasteiger partial charge in [-0.25, -0.2) is 15.0 Å². The predicted octanol–water partition coefficient (Wildman–Crippen LogP) is 1.87. The summed E-state index contributed by atoms with van der Waals surface area (Å²) in [5, 5.41) is 8.96. The van der Waals surface area contributed by atoms with Crippen molar-refractivity contribution in [2.45, 2.75) is 13.3 Å². The van der Waals surface area contributed by atoms with Gasteiger partial charge in [-0.2, -0.15) is 0 Å². The first-order valence-corrected chi connectivity index (χ1v) is 6.55. The first-order chi connectivity index (χ1) is 9.69. The fourth-order valence-electron chi connectivity index (χ4n) is 2.26. The lowest BCUT2D eigenvalue weighted by Crippen LogP contribution is -1.99. The lowest BCUT2D eigenvalue weighted by molar-refractivity contribution is 0.296. The molecule has 20 heavy (non-hydrogen) atoms. The van der Waals surface area contributed by atoms with E-state index in [4.69, 9.17) is 5.11 Å². The van der Waals surface area contributed by atoms with Gasteiger partial charge in [0.25, 0.3) is 0 Å². The van der Waals surface area contributed by atoms with Crippen LogP contribution in [0.3, 0.4) is 0 Å². The third kappa shape index (κ3) is 2.16. The topological polar surface area (TPSA) is 63.8 Å². The predicted molar refractivity (Wildman–Crippen MR) is 77.3 cm³/mol. The van der Waals surface area contributed by atoms with Crippen LogP contribution in [0.2, 0.25) is 0 Å². The number of fused-ring (bicyclic) bond motifs is 1. The van der Waals surface area contributed by atoms with E-state index in [0.29, 0.717) is 12.2 Å². The summed E-state index contributed by atoms with van der Waals surface area (Å²) < 4.78 is 2.07. The molecule has 0 saturated heterocycles. The van der Waals surface area contributed by atoms with Crippen molar-refractivity contribution in [1.82, 2.24) is 19.5 Å². The number of nitrogens with zero attached hydrogens (tertiary/aromatic N) is 4. The largest absolute Gasteiger partial charge is 0.396 e. The molecule has 0 radical (unpaired) electrons. The van der Waals surface area contributed by atoms with Crippen LogP contribution in [-0.4, -0.2) is 31.2 Å². The first kappa shape index (κ1) is 12.7. The van der Waals surface area contributed by atoms with E-state index in [1.54, 1.807) is 6.20 Å². The lowest BCUT2D eigenvalue weighted by Gasteiger charge is -2.03. The molecule has 0 unspecified atom stereocenters. The highest BCUT2D eigenvalue weighted by atomic mass is 16.3. The van der Waals surface area contributed by atoms with Gasteiger partial charge in [-0.1, -0.05) is 6.07 Å². The average Bonchev–Trinajstić information content (AvgIpc) is 2.74. The van der Waals surface area contributed by atoms with Gasteiger partial charge in [0.05, 0.1) is 23.3 Å². The Morgan fingerprint density at radius 3 is 2.85 bits per heavy atom. The van der Waals surface area contributed by atoms with E-state index in [2.05, 4.69) is 25.6 Å². The Balaban J connectivity index is 2.07. The second-order valence-electron chi connectivity index (χ2n) is 4.75. The van der Waals surface area contributed by atoms with Gasteiger partial charge in [-0.05, 0) is 25.1 Å². The number of rotatable bonds is 3. The van der Waals surface area contributed by atoms with Crippen molar-refractivity contribution in [2.75, 3.05) is 6.61 Å². The minimum atomic E-state index is 0.0575. The van der Waals surface area contributed by atoms with Gasteiger partial charge in [-0.15, -0.1) is 0 Å². The van der Waals surface area contributed by atoms with Crippen molar-refractivity contribution in [3.63, 3.8) is 0 Å². The van der Waals surface area contributed by atoms with Crippen molar-refractivity contribution < 1.29 is 5.11 Å². The maximum atomic E-state index is 8.96. The molecule has 5 nitrogen and oxygen atoms in total. The van der Waals surface area contributed by atoms with Crippen LogP contribution in [0.15, 0.2) is 30.5 Å². The SMILES string of the molecule is Cc1nc2cc(-c3ccnc(CCO)n3)ccc2n1C. The number of aromatic nitrogens is 4. The Labute approximate surface area is 117 Å². The number of benzene rings is 1. The van der Waals surface area contributed by atoms with Crippen LogP contribution in [0.4, 0.5) is 0 Å². The molecule has 3 rings (SSSR count). The number of hydrogen-bond donors (Lipinski definition) is 1. The zero-order chi connectivity index (χ0) is 14.1. The van der Waals surface area contributed by atoms with Crippen LogP contribution in [0.5, 0.6) is 0 Å². The molecule has 1 N–H and O–H groups in total. The van der Waals surface area contributed by atoms with Gasteiger partial charge < -0.3 is 9.67 Å². The van der Waals surface area contributed by atoms with Crippen LogP contribution in [0.1, 0.15) is 11.6 Å². The molecule has 2 heterocycles. The zero-order valence-electron chi connectivity index (χ0n) is 11.5. The van der Waals surface area contributed by atoms with Gasteiger partial charge in [0, 0.05) is 25.2 Å². The summed E-state index contributed by atoms with van der Waals surface area (Å²) in [6.07, 6.45) is 2.19. The fourth-order valence-corrected chi connectivity index (χ4v) is 2.26. The summed E-state index contributed by atoms with van der Waals surface area (Å²) in [5.41, 5.74) is 3.94. The van der Waals surface area contributed by atoms with Crippen molar-refractivity contribution in [1.29, 1.82) is 0 Å². The third-order valence-electron chi connectivity index (χ3n) is 3.44. The first-order valence-electron chi connectivity index (χ1n) is 6.55. The second kappa shape index (κ2) is 5.02. The Bertz CT molecular complexity index is 764. The molecule has 0 bridgehead atoms. The smallest absolute Gasteiger partial charge is 0.131 e. The molecular weight excluding hydrogens is 252 g/mol. The molecule has 0 aliphatic heterocycles. The molecule has 0 amide bonds. The van der Waals surface area contributed by atoms with E-state index in [1.165, 1.54) is 0 Å². The standard InChI is InChI=1S/C15H16N4O/c1-10-17-13-9-11(3-4-14(13)19(10)2)12-5-7-16-15(18-12)6-8-20/h3-5,7,9,20H,6,8H2,1-2H3. The quantitative estimate of drug-likeness (QED) is 0.787.